The van der Waals surface area contributed by atoms with Crippen molar-refractivity contribution in [1.29, 1.82) is 0 Å². The van der Waals surface area contributed by atoms with Crippen LogP contribution >= 0.6 is 0 Å². The summed E-state index contributed by atoms with van der Waals surface area (Å²) in [4.78, 5) is 0. The Labute approximate surface area is 88.2 Å². The molecule has 0 spiro atoms. The van der Waals surface area contributed by atoms with Gasteiger partial charge in [-0.25, -0.2) is 0 Å². The van der Waals surface area contributed by atoms with Gasteiger partial charge in [-0.05, 0) is 36.5 Å². The molecule has 0 bridgehead atoms. The molecule has 0 radical (unpaired) electrons. The highest BCUT2D eigenvalue weighted by molar-refractivity contribution is 5.02. The van der Waals surface area contributed by atoms with Gasteiger partial charge in [0.05, 0.1) is 6.10 Å². The van der Waals surface area contributed by atoms with Gasteiger partial charge in [0.1, 0.15) is 0 Å². The Bertz CT molecular complexity index is 207. The van der Waals surface area contributed by atoms with E-state index in [9.17, 15) is 5.11 Å². The maximum atomic E-state index is 9.66. The summed E-state index contributed by atoms with van der Waals surface area (Å²) < 4.78 is 0. The quantitative estimate of drug-likeness (QED) is 0.671. The summed E-state index contributed by atoms with van der Waals surface area (Å²) in [6.45, 7) is 8.89. The van der Waals surface area contributed by atoms with Crippen molar-refractivity contribution in [3.63, 3.8) is 0 Å². The van der Waals surface area contributed by atoms with Crippen LogP contribution in [0.15, 0.2) is 12.2 Å². The molecule has 1 N–H and O–H groups in total. The van der Waals surface area contributed by atoms with Crippen LogP contribution in [0, 0.1) is 17.3 Å². The van der Waals surface area contributed by atoms with Gasteiger partial charge in [0.25, 0.3) is 0 Å². The minimum atomic E-state index is -0.0736. The Morgan fingerprint density at radius 1 is 1.43 bits per heavy atom. The Morgan fingerprint density at radius 2 is 2.07 bits per heavy atom. The van der Waals surface area contributed by atoms with E-state index < -0.39 is 0 Å². The highest BCUT2D eigenvalue weighted by atomic mass is 16.3. The first-order valence-electron chi connectivity index (χ1n) is 5.80. The van der Waals surface area contributed by atoms with Crippen molar-refractivity contribution < 1.29 is 5.11 Å². The van der Waals surface area contributed by atoms with E-state index in [1.54, 1.807) is 0 Å². The van der Waals surface area contributed by atoms with E-state index in [-0.39, 0.29) is 6.10 Å². The number of allylic oxidation sites excluding steroid dienone is 2. The first-order chi connectivity index (χ1) is 6.43. The van der Waals surface area contributed by atoms with Crippen molar-refractivity contribution in [2.75, 3.05) is 0 Å². The van der Waals surface area contributed by atoms with E-state index in [1.807, 2.05) is 0 Å². The fraction of sp³-hybridized carbons (Fsp3) is 0.846. The second kappa shape index (κ2) is 4.48. The third-order valence-corrected chi connectivity index (χ3v) is 3.34. The van der Waals surface area contributed by atoms with Gasteiger partial charge in [-0.1, -0.05) is 39.8 Å². The van der Waals surface area contributed by atoms with E-state index in [0.717, 1.165) is 19.3 Å². The smallest absolute Gasteiger partial charge is 0.0566 e. The van der Waals surface area contributed by atoms with Crippen molar-refractivity contribution in [2.24, 2.45) is 17.3 Å². The average Bonchev–Trinajstić information content (AvgIpc) is 2.09. The molecule has 0 aromatic carbocycles. The highest BCUT2D eigenvalue weighted by Crippen LogP contribution is 2.40. The predicted molar refractivity (Wildman–Crippen MR) is 61.1 cm³/mol. The van der Waals surface area contributed by atoms with E-state index >= 15 is 0 Å². The minimum Gasteiger partial charge on any atom is -0.393 e. The van der Waals surface area contributed by atoms with Crippen molar-refractivity contribution in [3.05, 3.63) is 12.2 Å². The summed E-state index contributed by atoms with van der Waals surface area (Å²) in [5.41, 5.74) is 0.322. The lowest BCUT2D eigenvalue weighted by molar-refractivity contribution is 0.0403. The molecule has 1 saturated carbocycles. The van der Waals surface area contributed by atoms with E-state index in [0.29, 0.717) is 17.3 Å². The molecule has 14 heavy (non-hydrogen) atoms. The van der Waals surface area contributed by atoms with Gasteiger partial charge in [-0.15, -0.1) is 0 Å². The first-order valence-corrected chi connectivity index (χ1v) is 5.80. The largest absolute Gasteiger partial charge is 0.393 e. The SMILES string of the molecule is CC(C)/C=C/[C@]1(C)CC[C@H](O)[C@@H](C)C1. The van der Waals surface area contributed by atoms with E-state index in [2.05, 4.69) is 39.8 Å². The standard InChI is InChI=1S/C13H24O/c1-10(2)5-7-13(4)8-6-12(14)11(3)9-13/h5,7,10-12,14H,6,8-9H2,1-4H3/b7-5+/t11-,12-,13+/m0/s1. The number of aliphatic hydroxyl groups excluding tert-OH is 1. The molecule has 1 rings (SSSR count). The van der Waals surface area contributed by atoms with Gasteiger partial charge >= 0.3 is 0 Å². The van der Waals surface area contributed by atoms with Crippen molar-refractivity contribution >= 4 is 0 Å². The van der Waals surface area contributed by atoms with Crippen LogP contribution in [-0.4, -0.2) is 11.2 Å². The fourth-order valence-corrected chi connectivity index (χ4v) is 2.31. The molecule has 1 aliphatic rings. The second-order valence-electron chi connectivity index (χ2n) is 5.54. The maximum Gasteiger partial charge on any atom is 0.0566 e. The van der Waals surface area contributed by atoms with Gasteiger partial charge < -0.3 is 5.11 Å². The Morgan fingerprint density at radius 3 is 2.57 bits per heavy atom. The number of hydrogen-bond donors (Lipinski definition) is 1. The zero-order valence-corrected chi connectivity index (χ0v) is 9.96. The van der Waals surface area contributed by atoms with Crippen LogP contribution in [0.3, 0.4) is 0 Å². The van der Waals surface area contributed by atoms with Crippen molar-refractivity contribution in [1.82, 2.24) is 0 Å². The molecule has 0 aliphatic heterocycles. The van der Waals surface area contributed by atoms with E-state index in [1.165, 1.54) is 0 Å². The summed E-state index contributed by atoms with van der Waals surface area (Å²) in [5.74, 6) is 1.08. The van der Waals surface area contributed by atoms with Gasteiger partial charge in [0.2, 0.25) is 0 Å². The zero-order valence-electron chi connectivity index (χ0n) is 9.96. The zero-order chi connectivity index (χ0) is 10.8. The van der Waals surface area contributed by atoms with Crippen molar-refractivity contribution in [3.8, 4) is 0 Å². The molecule has 0 saturated heterocycles. The Kier molecular flexibility index (Phi) is 3.77. The van der Waals surface area contributed by atoms with Gasteiger partial charge in [-0.2, -0.15) is 0 Å². The van der Waals surface area contributed by atoms with Crippen LogP contribution in [0.1, 0.15) is 47.0 Å². The summed E-state index contributed by atoms with van der Waals surface area (Å²) in [6, 6.07) is 0. The van der Waals surface area contributed by atoms with Crippen molar-refractivity contribution in [2.45, 2.75) is 53.1 Å². The second-order valence-corrected chi connectivity index (χ2v) is 5.54. The molecule has 0 unspecified atom stereocenters. The molecule has 1 nitrogen and oxygen atoms in total. The molecule has 0 aromatic heterocycles. The molecule has 0 heterocycles. The first kappa shape index (κ1) is 11.8. The van der Waals surface area contributed by atoms with Crippen LogP contribution < -0.4 is 0 Å². The molecule has 1 aliphatic carbocycles. The Balaban J connectivity index is 2.58. The number of hydrogen-bond acceptors (Lipinski definition) is 1. The summed E-state index contributed by atoms with van der Waals surface area (Å²) in [5, 5.41) is 9.66. The van der Waals surface area contributed by atoms with Gasteiger partial charge in [0, 0.05) is 0 Å². The summed E-state index contributed by atoms with van der Waals surface area (Å²) >= 11 is 0. The number of rotatable bonds is 2. The molecule has 82 valence electrons. The van der Waals surface area contributed by atoms with Crippen LogP contribution in [-0.2, 0) is 0 Å². The topological polar surface area (TPSA) is 20.2 Å². The summed E-state index contributed by atoms with van der Waals surface area (Å²) in [7, 11) is 0. The lowest BCUT2D eigenvalue weighted by Gasteiger charge is -2.37. The lowest BCUT2D eigenvalue weighted by atomic mass is 9.70. The summed E-state index contributed by atoms with van der Waals surface area (Å²) in [6.07, 6.45) is 7.79. The molecular weight excluding hydrogens is 172 g/mol. The third kappa shape index (κ3) is 3.13. The molecular formula is C13H24O. The van der Waals surface area contributed by atoms with Crippen LogP contribution in [0.4, 0.5) is 0 Å². The maximum absolute atomic E-state index is 9.66. The highest BCUT2D eigenvalue weighted by Gasteiger charge is 2.32. The third-order valence-electron chi connectivity index (χ3n) is 3.34. The Hall–Kier alpha value is -0.300. The van der Waals surface area contributed by atoms with Gasteiger partial charge in [-0.3, -0.25) is 0 Å². The van der Waals surface area contributed by atoms with Crippen LogP contribution in [0.25, 0.3) is 0 Å². The molecule has 1 fully saturated rings. The van der Waals surface area contributed by atoms with Gasteiger partial charge in [0.15, 0.2) is 0 Å². The predicted octanol–water partition coefficient (Wildman–Crippen LogP) is 3.39. The van der Waals surface area contributed by atoms with Crippen LogP contribution in [0.2, 0.25) is 0 Å². The molecule has 0 amide bonds. The normalized spacial score (nSPS) is 39.6. The average molecular weight is 196 g/mol. The minimum absolute atomic E-state index is 0.0736. The number of aliphatic hydroxyl groups is 1. The monoisotopic (exact) mass is 196 g/mol. The molecule has 3 atom stereocenters. The molecule has 0 aromatic rings. The lowest BCUT2D eigenvalue weighted by Crippen LogP contribution is -2.32. The van der Waals surface area contributed by atoms with Crippen LogP contribution in [0.5, 0.6) is 0 Å². The fourth-order valence-electron chi connectivity index (χ4n) is 2.31. The molecule has 1 heteroatoms. The van der Waals surface area contributed by atoms with E-state index in [4.69, 9.17) is 0 Å².